The molecule has 20 heavy (non-hydrogen) atoms. The van der Waals surface area contributed by atoms with Crippen molar-refractivity contribution in [2.24, 2.45) is 0 Å². The van der Waals surface area contributed by atoms with Gasteiger partial charge in [-0.25, -0.2) is 8.78 Å². The molecule has 0 heterocycles. The number of hydrogen-bond acceptors (Lipinski definition) is 1. The van der Waals surface area contributed by atoms with Gasteiger partial charge < -0.3 is 5.32 Å². The van der Waals surface area contributed by atoms with Crippen molar-refractivity contribution in [3.8, 4) is 0 Å². The highest BCUT2D eigenvalue weighted by molar-refractivity contribution is 6.31. The Morgan fingerprint density at radius 2 is 1.80 bits per heavy atom. The van der Waals surface area contributed by atoms with E-state index in [-0.39, 0.29) is 17.7 Å². The maximum Gasteiger partial charge on any atom is 0.129 e. The van der Waals surface area contributed by atoms with Crippen molar-refractivity contribution in [2.75, 3.05) is 6.54 Å². The molecule has 0 radical (unpaired) electrons. The molecule has 0 saturated heterocycles. The summed E-state index contributed by atoms with van der Waals surface area (Å²) < 4.78 is 27.1. The Labute approximate surface area is 122 Å². The van der Waals surface area contributed by atoms with Gasteiger partial charge in [0.25, 0.3) is 0 Å². The molecule has 0 aliphatic heterocycles. The van der Waals surface area contributed by atoms with Crippen LogP contribution in [-0.2, 0) is 0 Å². The highest BCUT2D eigenvalue weighted by Gasteiger charge is 2.20. The molecule has 1 nitrogen and oxygen atoms in total. The van der Waals surface area contributed by atoms with Crippen LogP contribution >= 0.6 is 11.6 Å². The predicted octanol–water partition coefficient (Wildman–Crippen LogP) is 4.71. The first-order valence-electron chi connectivity index (χ1n) is 6.56. The third-order valence-electron chi connectivity index (χ3n) is 3.09. The van der Waals surface area contributed by atoms with E-state index in [2.05, 4.69) is 5.32 Å². The van der Waals surface area contributed by atoms with Gasteiger partial charge in [-0.2, -0.15) is 0 Å². The minimum absolute atomic E-state index is 0.317. The van der Waals surface area contributed by atoms with Crippen LogP contribution in [0, 0.1) is 11.6 Å². The monoisotopic (exact) mass is 295 g/mol. The summed E-state index contributed by atoms with van der Waals surface area (Å²) in [6.07, 6.45) is 0.907. The Hall–Kier alpha value is -1.45. The second kappa shape index (κ2) is 6.82. The Balaban J connectivity index is 2.44. The lowest BCUT2D eigenvalue weighted by Gasteiger charge is -2.21. The summed E-state index contributed by atoms with van der Waals surface area (Å²) in [5, 5.41) is 3.62. The largest absolute Gasteiger partial charge is 0.306 e. The lowest BCUT2D eigenvalue weighted by molar-refractivity contribution is 0.545. The molecule has 2 rings (SSSR count). The molecule has 1 unspecified atom stereocenters. The highest BCUT2D eigenvalue weighted by Crippen LogP contribution is 2.30. The standard InChI is InChI=1S/C16H16ClF2N/c1-2-10-20-16(11-6-8-12(18)9-7-11)15-13(17)4-3-5-14(15)19/h3-9,16,20H,2,10H2,1H3. The van der Waals surface area contributed by atoms with Gasteiger partial charge in [-0.3, -0.25) is 0 Å². The zero-order valence-electron chi connectivity index (χ0n) is 11.2. The van der Waals surface area contributed by atoms with Gasteiger partial charge in [-0.1, -0.05) is 36.7 Å². The van der Waals surface area contributed by atoms with Crippen LogP contribution in [0.25, 0.3) is 0 Å². The van der Waals surface area contributed by atoms with E-state index in [1.165, 1.54) is 18.2 Å². The second-order valence-corrected chi connectivity index (χ2v) is 4.98. The molecule has 4 heteroatoms. The van der Waals surface area contributed by atoms with Crippen LogP contribution in [0.5, 0.6) is 0 Å². The average Bonchev–Trinajstić information content (AvgIpc) is 2.43. The molecule has 0 saturated carbocycles. The van der Waals surface area contributed by atoms with E-state index < -0.39 is 0 Å². The molecule has 0 aliphatic carbocycles. The number of benzene rings is 2. The van der Waals surface area contributed by atoms with Gasteiger partial charge in [0.15, 0.2) is 0 Å². The average molecular weight is 296 g/mol. The van der Waals surface area contributed by atoms with Crippen LogP contribution in [0.3, 0.4) is 0 Å². The van der Waals surface area contributed by atoms with Crippen LogP contribution in [0.15, 0.2) is 42.5 Å². The number of rotatable bonds is 5. The molecular weight excluding hydrogens is 280 g/mol. The fourth-order valence-corrected chi connectivity index (χ4v) is 2.39. The predicted molar refractivity (Wildman–Crippen MR) is 77.9 cm³/mol. The van der Waals surface area contributed by atoms with Crippen molar-refractivity contribution in [3.63, 3.8) is 0 Å². The Bertz CT molecular complexity index is 549. The maximum atomic E-state index is 14.1. The molecule has 0 amide bonds. The number of nitrogens with one attached hydrogen (secondary N) is 1. The molecular formula is C16H16ClF2N. The Morgan fingerprint density at radius 3 is 2.40 bits per heavy atom. The van der Waals surface area contributed by atoms with E-state index in [9.17, 15) is 8.78 Å². The van der Waals surface area contributed by atoms with Gasteiger partial charge in [0.2, 0.25) is 0 Å². The van der Waals surface area contributed by atoms with Crippen LogP contribution in [-0.4, -0.2) is 6.54 Å². The fourth-order valence-electron chi connectivity index (χ4n) is 2.12. The molecule has 2 aromatic carbocycles. The molecule has 106 valence electrons. The summed E-state index contributed by atoms with van der Waals surface area (Å²) in [5.74, 6) is -0.682. The lowest BCUT2D eigenvalue weighted by atomic mass is 9.98. The van der Waals surface area contributed by atoms with E-state index in [1.54, 1.807) is 24.3 Å². The fraction of sp³-hybridized carbons (Fsp3) is 0.250. The van der Waals surface area contributed by atoms with E-state index in [4.69, 9.17) is 11.6 Å². The Morgan fingerprint density at radius 1 is 1.10 bits per heavy atom. The zero-order valence-corrected chi connectivity index (χ0v) is 11.9. The van der Waals surface area contributed by atoms with Gasteiger partial charge in [-0.15, -0.1) is 0 Å². The van der Waals surface area contributed by atoms with Crippen molar-refractivity contribution < 1.29 is 8.78 Å². The van der Waals surface area contributed by atoms with Gasteiger partial charge in [0.1, 0.15) is 11.6 Å². The van der Waals surface area contributed by atoms with E-state index >= 15 is 0 Å². The maximum absolute atomic E-state index is 14.1. The minimum Gasteiger partial charge on any atom is -0.306 e. The summed E-state index contributed by atoms with van der Waals surface area (Å²) in [6.45, 7) is 2.74. The summed E-state index contributed by atoms with van der Waals surface area (Å²) in [6, 6.07) is 10.2. The summed E-state index contributed by atoms with van der Waals surface area (Å²) >= 11 is 6.13. The van der Waals surface area contributed by atoms with Crippen LogP contribution in [0.2, 0.25) is 5.02 Å². The smallest absolute Gasteiger partial charge is 0.129 e. The molecule has 1 N–H and O–H groups in total. The minimum atomic E-state index is -0.385. The second-order valence-electron chi connectivity index (χ2n) is 4.57. The van der Waals surface area contributed by atoms with Crippen molar-refractivity contribution in [1.82, 2.24) is 5.32 Å². The summed E-state index contributed by atoms with van der Waals surface area (Å²) in [4.78, 5) is 0. The third-order valence-corrected chi connectivity index (χ3v) is 3.42. The van der Waals surface area contributed by atoms with Crippen LogP contribution in [0.1, 0.15) is 30.5 Å². The first-order valence-corrected chi connectivity index (χ1v) is 6.94. The normalized spacial score (nSPS) is 12.4. The molecule has 0 spiro atoms. The quantitative estimate of drug-likeness (QED) is 0.842. The zero-order chi connectivity index (χ0) is 14.5. The topological polar surface area (TPSA) is 12.0 Å². The molecule has 0 aliphatic rings. The molecule has 0 bridgehead atoms. The summed E-state index contributed by atoms with van der Waals surface area (Å²) in [7, 11) is 0. The van der Waals surface area contributed by atoms with Gasteiger partial charge in [0.05, 0.1) is 6.04 Å². The van der Waals surface area contributed by atoms with Crippen molar-refractivity contribution >= 4 is 11.6 Å². The van der Waals surface area contributed by atoms with E-state index in [1.807, 2.05) is 6.92 Å². The first kappa shape index (κ1) is 14.9. The van der Waals surface area contributed by atoms with Crippen LogP contribution in [0.4, 0.5) is 8.78 Å². The molecule has 2 aromatic rings. The van der Waals surface area contributed by atoms with Crippen molar-refractivity contribution in [2.45, 2.75) is 19.4 Å². The number of hydrogen-bond donors (Lipinski definition) is 1. The molecule has 1 atom stereocenters. The van der Waals surface area contributed by atoms with Gasteiger partial charge in [-0.05, 0) is 42.8 Å². The van der Waals surface area contributed by atoms with Crippen LogP contribution < -0.4 is 5.32 Å². The lowest BCUT2D eigenvalue weighted by Crippen LogP contribution is -2.24. The van der Waals surface area contributed by atoms with E-state index in [0.29, 0.717) is 17.1 Å². The van der Waals surface area contributed by atoms with Gasteiger partial charge >= 0.3 is 0 Å². The third kappa shape index (κ3) is 3.35. The Kier molecular flexibility index (Phi) is 5.10. The molecule has 0 fully saturated rings. The van der Waals surface area contributed by atoms with Gasteiger partial charge in [0, 0.05) is 10.6 Å². The SMILES string of the molecule is CCCNC(c1ccc(F)cc1)c1c(F)cccc1Cl. The molecule has 0 aromatic heterocycles. The highest BCUT2D eigenvalue weighted by atomic mass is 35.5. The first-order chi connectivity index (χ1) is 9.63. The number of halogens is 3. The van der Waals surface area contributed by atoms with Crippen molar-refractivity contribution in [1.29, 1.82) is 0 Å². The van der Waals surface area contributed by atoms with Crippen molar-refractivity contribution in [3.05, 3.63) is 70.2 Å². The summed E-state index contributed by atoms with van der Waals surface area (Å²) in [5.41, 5.74) is 1.18. The van der Waals surface area contributed by atoms with E-state index in [0.717, 1.165) is 12.0 Å².